The van der Waals surface area contributed by atoms with Crippen molar-refractivity contribution in [1.29, 1.82) is 0 Å². The summed E-state index contributed by atoms with van der Waals surface area (Å²) in [6.45, 7) is 0.676. The van der Waals surface area contributed by atoms with Gasteiger partial charge in [0.05, 0.1) is 18.3 Å². The first-order valence-electron chi connectivity index (χ1n) is 8.61. The second-order valence-electron chi connectivity index (χ2n) is 6.38. The summed E-state index contributed by atoms with van der Waals surface area (Å²) in [7, 11) is 0. The zero-order chi connectivity index (χ0) is 17.1. The Morgan fingerprint density at radius 1 is 1.12 bits per heavy atom. The molecule has 1 aliphatic rings. The topological polar surface area (TPSA) is 55.6 Å². The third-order valence-electron chi connectivity index (χ3n) is 4.52. The number of hydrogen-bond acceptors (Lipinski definition) is 5. The summed E-state index contributed by atoms with van der Waals surface area (Å²) in [6.07, 6.45) is 8.00. The molecular weight excluding hydrogens is 354 g/mol. The van der Waals surface area contributed by atoms with E-state index in [1.165, 1.54) is 31.2 Å². The molecule has 2 heterocycles. The molecule has 3 aromatic rings. The zero-order valence-corrected chi connectivity index (χ0v) is 15.4. The molecule has 0 radical (unpaired) electrons. The Morgan fingerprint density at radius 3 is 2.72 bits per heavy atom. The van der Waals surface area contributed by atoms with Crippen LogP contribution < -0.4 is 5.32 Å². The lowest BCUT2D eigenvalue weighted by Gasteiger charge is -2.08. The predicted molar refractivity (Wildman–Crippen MR) is 101 cm³/mol. The Bertz CT molecular complexity index is 820. The molecule has 5 nitrogen and oxygen atoms in total. The van der Waals surface area contributed by atoms with Gasteiger partial charge in [-0.25, -0.2) is 0 Å². The van der Waals surface area contributed by atoms with Crippen molar-refractivity contribution < 1.29 is 0 Å². The number of rotatable bonds is 6. The maximum absolute atomic E-state index is 5.92. The Kier molecular flexibility index (Phi) is 4.99. The summed E-state index contributed by atoms with van der Waals surface area (Å²) >= 11 is 7.50. The van der Waals surface area contributed by atoms with Crippen LogP contribution in [-0.4, -0.2) is 20.0 Å². The van der Waals surface area contributed by atoms with E-state index in [-0.39, 0.29) is 0 Å². The first-order chi connectivity index (χ1) is 12.3. The molecule has 1 fully saturated rings. The predicted octanol–water partition coefficient (Wildman–Crippen LogP) is 4.71. The summed E-state index contributed by atoms with van der Waals surface area (Å²) < 4.78 is 2.12. The molecule has 0 atom stereocenters. The average Bonchev–Trinajstić information content (AvgIpc) is 3.36. The largest absolute Gasteiger partial charge is 0.354 e. The van der Waals surface area contributed by atoms with Gasteiger partial charge in [-0.15, -0.1) is 10.2 Å². The fraction of sp³-hybridized carbons (Fsp3) is 0.389. The number of aromatic nitrogens is 4. The highest BCUT2D eigenvalue weighted by atomic mass is 35.5. The van der Waals surface area contributed by atoms with Gasteiger partial charge >= 0.3 is 0 Å². The van der Waals surface area contributed by atoms with Crippen molar-refractivity contribution in [2.45, 2.75) is 44.7 Å². The molecule has 25 heavy (non-hydrogen) atoms. The van der Waals surface area contributed by atoms with Gasteiger partial charge in [0.2, 0.25) is 5.13 Å². The van der Waals surface area contributed by atoms with Crippen LogP contribution in [0.4, 0.5) is 5.13 Å². The van der Waals surface area contributed by atoms with Gasteiger partial charge in [-0.05, 0) is 36.6 Å². The first kappa shape index (κ1) is 16.5. The highest BCUT2D eigenvalue weighted by Gasteiger charge is 2.17. The molecule has 0 aliphatic heterocycles. The van der Waals surface area contributed by atoms with Crippen molar-refractivity contribution in [2.75, 3.05) is 5.32 Å². The van der Waals surface area contributed by atoms with Crippen molar-refractivity contribution >= 4 is 28.1 Å². The van der Waals surface area contributed by atoms with Crippen LogP contribution in [0, 0.1) is 0 Å². The lowest BCUT2D eigenvalue weighted by molar-refractivity contribution is 0.463. The van der Waals surface area contributed by atoms with Gasteiger partial charge in [0.25, 0.3) is 0 Å². The van der Waals surface area contributed by atoms with E-state index in [4.69, 9.17) is 11.6 Å². The molecule has 0 unspecified atom stereocenters. The van der Waals surface area contributed by atoms with Crippen LogP contribution in [0.3, 0.4) is 0 Å². The van der Waals surface area contributed by atoms with Crippen molar-refractivity contribution in [1.82, 2.24) is 20.0 Å². The second-order valence-corrected chi connectivity index (χ2v) is 7.88. The Morgan fingerprint density at radius 2 is 1.92 bits per heavy atom. The van der Waals surface area contributed by atoms with E-state index in [2.05, 4.69) is 37.6 Å². The minimum absolute atomic E-state index is 0.584. The van der Waals surface area contributed by atoms with Crippen LogP contribution in [0.15, 0.2) is 36.5 Å². The van der Waals surface area contributed by atoms with Gasteiger partial charge in [-0.2, -0.15) is 5.10 Å². The molecule has 130 valence electrons. The van der Waals surface area contributed by atoms with Crippen molar-refractivity contribution in [3.05, 3.63) is 57.8 Å². The number of hydrogen-bond donors (Lipinski definition) is 1. The van der Waals surface area contributed by atoms with Crippen LogP contribution in [0.25, 0.3) is 0 Å². The molecule has 7 heteroatoms. The standard InChI is InChI=1S/C18H20ClN5S/c19-14-7-5-13(6-8-14)11-17-21-22-18(25-17)20-12-15-9-10-24(23-15)16-3-1-2-4-16/h5-10,16H,1-4,11-12H2,(H,20,22). The number of nitrogens with one attached hydrogen (secondary N) is 1. The zero-order valence-electron chi connectivity index (χ0n) is 13.9. The van der Waals surface area contributed by atoms with Gasteiger partial charge in [-0.1, -0.05) is 47.9 Å². The number of anilines is 1. The molecule has 4 rings (SSSR count). The van der Waals surface area contributed by atoms with E-state index in [1.54, 1.807) is 11.3 Å². The minimum atomic E-state index is 0.584. The second kappa shape index (κ2) is 7.54. The summed E-state index contributed by atoms with van der Waals surface area (Å²) in [4.78, 5) is 0. The summed E-state index contributed by atoms with van der Waals surface area (Å²) in [5, 5.41) is 19.1. The molecule has 1 aromatic carbocycles. The number of benzene rings is 1. The fourth-order valence-electron chi connectivity index (χ4n) is 3.18. The summed E-state index contributed by atoms with van der Waals surface area (Å²) in [6, 6.07) is 10.5. The molecule has 1 N–H and O–H groups in total. The van der Waals surface area contributed by atoms with E-state index in [1.807, 2.05) is 24.3 Å². The van der Waals surface area contributed by atoms with Gasteiger partial charge in [0.1, 0.15) is 5.01 Å². The smallest absolute Gasteiger partial charge is 0.206 e. The van der Waals surface area contributed by atoms with Crippen LogP contribution in [0.2, 0.25) is 5.02 Å². The highest BCUT2D eigenvalue weighted by Crippen LogP contribution is 2.28. The van der Waals surface area contributed by atoms with Crippen molar-refractivity contribution in [2.24, 2.45) is 0 Å². The molecule has 0 spiro atoms. The van der Waals surface area contributed by atoms with E-state index >= 15 is 0 Å². The van der Waals surface area contributed by atoms with Gasteiger partial charge in [0.15, 0.2) is 0 Å². The molecule has 0 amide bonds. The van der Waals surface area contributed by atoms with Crippen molar-refractivity contribution in [3.63, 3.8) is 0 Å². The van der Waals surface area contributed by atoms with Gasteiger partial charge in [-0.3, -0.25) is 4.68 Å². The summed E-state index contributed by atoms with van der Waals surface area (Å²) in [5.74, 6) is 0. The van der Waals surface area contributed by atoms with E-state index < -0.39 is 0 Å². The molecule has 0 saturated heterocycles. The normalized spacial score (nSPS) is 14.9. The van der Waals surface area contributed by atoms with Gasteiger partial charge < -0.3 is 5.32 Å². The third kappa shape index (κ3) is 4.19. The van der Waals surface area contributed by atoms with E-state index in [9.17, 15) is 0 Å². The Labute approximate surface area is 156 Å². The fourth-order valence-corrected chi connectivity index (χ4v) is 4.08. The molecule has 0 bridgehead atoms. The maximum Gasteiger partial charge on any atom is 0.206 e. The lowest BCUT2D eigenvalue weighted by Crippen LogP contribution is -2.07. The monoisotopic (exact) mass is 373 g/mol. The first-order valence-corrected chi connectivity index (χ1v) is 9.80. The number of nitrogens with zero attached hydrogens (tertiary/aromatic N) is 4. The summed E-state index contributed by atoms with van der Waals surface area (Å²) in [5.41, 5.74) is 2.23. The molecular formula is C18H20ClN5S. The van der Waals surface area contributed by atoms with Gasteiger partial charge in [0, 0.05) is 17.6 Å². The Balaban J connectivity index is 1.32. The minimum Gasteiger partial charge on any atom is -0.354 e. The average molecular weight is 374 g/mol. The molecule has 2 aromatic heterocycles. The van der Waals surface area contributed by atoms with Crippen molar-refractivity contribution in [3.8, 4) is 0 Å². The SMILES string of the molecule is Clc1ccc(Cc2nnc(NCc3ccn(C4CCCC4)n3)s2)cc1. The quantitative estimate of drug-likeness (QED) is 0.680. The van der Waals surface area contributed by atoms with Crippen LogP contribution in [-0.2, 0) is 13.0 Å². The van der Waals surface area contributed by atoms with Crippen LogP contribution >= 0.6 is 22.9 Å². The highest BCUT2D eigenvalue weighted by molar-refractivity contribution is 7.15. The lowest BCUT2D eigenvalue weighted by atomic mass is 10.2. The number of halogens is 1. The maximum atomic E-state index is 5.92. The van der Waals surface area contributed by atoms with E-state index in [0.717, 1.165) is 27.3 Å². The third-order valence-corrected chi connectivity index (χ3v) is 5.65. The van der Waals surface area contributed by atoms with E-state index in [0.29, 0.717) is 12.6 Å². The molecule has 1 aliphatic carbocycles. The van der Waals surface area contributed by atoms with Crippen LogP contribution in [0.5, 0.6) is 0 Å². The molecule has 1 saturated carbocycles. The van der Waals surface area contributed by atoms with Crippen LogP contribution in [0.1, 0.15) is 48.0 Å². The Hall–Kier alpha value is -1.92.